The molecule has 1 saturated heterocycles. The van der Waals surface area contributed by atoms with E-state index in [0.717, 1.165) is 13.0 Å². The number of hydrogen-bond acceptors (Lipinski definition) is 3. The lowest BCUT2D eigenvalue weighted by molar-refractivity contribution is -0.143. The number of amides is 1. The lowest BCUT2D eigenvalue weighted by atomic mass is 9.99. The predicted molar refractivity (Wildman–Crippen MR) is 75.7 cm³/mol. The monoisotopic (exact) mass is 296 g/mol. The first-order chi connectivity index (χ1) is 9.58. The average Bonchev–Trinajstić information content (AvgIpc) is 2.45. The van der Waals surface area contributed by atoms with Gasteiger partial charge in [0.15, 0.2) is 0 Å². The number of halogens is 1. The van der Waals surface area contributed by atoms with E-state index in [1.807, 2.05) is 4.90 Å². The second-order valence-electron chi connectivity index (χ2n) is 4.90. The number of carbonyl (C=O) groups excluding carboxylic acids is 1. The summed E-state index contributed by atoms with van der Waals surface area (Å²) in [6.07, 6.45) is 1.53. The molecular formula is C14H17ClN2O3. The summed E-state index contributed by atoms with van der Waals surface area (Å²) in [4.78, 5) is 24.9. The largest absolute Gasteiger partial charge is 0.481 e. The van der Waals surface area contributed by atoms with Crippen LogP contribution < -0.4 is 5.32 Å². The molecule has 1 amide bonds. The van der Waals surface area contributed by atoms with Gasteiger partial charge in [-0.25, -0.2) is 0 Å². The van der Waals surface area contributed by atoms with Crippen molar-refractivity contribution < 1.29 is 14.7 Å². The van der Waals surface area contributed by atoms with E-state index in [2.05, 4.69) is 5.32 Å². The van der Waals surface area contributed by atoms with Crippen LogP contribution in [0.4, 0.5) is 0 Å². The number of carboxylic acid groups (broad SMARTS) is 1. The maximum absolute atomic E-state index is 12.0. The van der Waals surface area contributed by atoms with E-state index in [0.29, 0.717) is 30.2 Å². The highest BCUT2D eigenvalue weighted by atomic mass is 35.5. The third kappa shape index (κ3) is 3.71. The first-order valence-electron chi connectivity index (χ1n) is 6.56. The van der Waals surface area contributed by atoms with Crippen LogP contribution in [0.2, 0.25) is 5.02 Å². The Labute approximate surface area is 122 Å². The molecule has 2 N–H and O–H groups in total. The Morgan fingerprint density at radius 3 is 2.85 bits per heavy atom. The molecular weight excluding hydrogens is 280 g/mol. The molecule has 5 nitrogen and oxygen atoms in total. The molecule has 0 aliphatic carbocycles. The van der Waals surface area contributed by atoms with Gasteiger partial charge in [-0.2, -0.15) is 0 Å². The molecule has 108 valence electrons. The Kier molecular flexibility index (Phi) is 4.98. The summed E-state index contributed by atoms with van der Waals surface area (Å²) in [5.74, 6) is -1.36. The second kappa shape index (κ2) is 6.72. The molecule has 6 heteroatoms. The molecule has 1 unspecified atom stereocenters. The van der Waals surface area contributed by atoms with Crippen LogP contribution >= 0.6 is 11.6 Å². The molecule has 0 radical (unpaired) electrons. The molecule has 20 heavy (non-hydrogen) atoms. The van der Waals surface area contributed by atoms with Crippen LogP contribution in [0.15, 0.2) is 24.3 Å². The zero-order valence-electron chi connectivity index (χ0n) is 11.0. The molecule has 1 heterocycles. The van der Waals surface area contributed by atoms with E-state index in [1.54, 1.807) is 24.3 Å². The summed E-state index contributed by atoms with van der Waals surface area (Å²) < 4.78 is 0. The minimum absolute atomic E-state index is 0.243. The standard InChI is InChI=1S/C14H17ClN2O3/c15-12-6-2-1-5-11(12)13(18)16-9-17-7-3-4-10(8-17)14(19)20/h1-2,5-6,10H,3-4,7-9H2,(H,16,18)(H,19,20). The number of piperidine rings is 1. The van der Waals surface area contributed by atoms with Gasteiger partial charge in [0.1, 0.15) is 0 Å². The summed E-state index contributed by atoms with van der Waals surface area (Å²) >= 11 is 5.95. The number of carboxylic acids is 1. The SMILES string of the molecule is O=C(NCN1CCCC(C(=O)O)C1)c1ccccc1Cl. The van der Waals surface area contributed by atoms with Crippen LogP contribution in [-0.2, 0) is 4.79 Å². The topological polar surface area (TPSA) is 69.6 Å². The quantitative estimate of drug-likeness (QED) is 0.889. The number of nitrogens with one attached hydrogen (secondary N) is 1. The minimum Gasteiger partial charge on any atom is -0.481 e. The summed E-state index contributed by atoms with van der Waals surface area (Å²) in [6, 6.07) is 6.84. The Morgan fingerprint density at radius 1 is 1.40 bits per heavy atom. The van der Waals surface area contributed by atoms with E-state index < -0.39 is 5.97 Å². The van der Waals surface area contributed by atoms with Gasteiger partial charge in [0, 0.05) is 6.54 Å². The maximum Gasteiger partial charge on any atom is 0.307 e. The van der Waals surface area contributed by atoms with Gasteiger partial charge < -0.3 is 10.4 Å². The smallest absolute Gasteiger partial charge is 0.307 e. The zero-order valence-corrected chi connectivity index (χ0v) is 11.8. The van der Waals surface area contributed by atoms with E-state index in [-0.39, 0.29) is 11.8 Å². The van der Waals surface area contributed by atoms with Crippen molar-refractivity contribution in [3.8, 4) is 0 Å². The van der Waals surface area contributed by atoms with Gasteiger partial charge in [0.05, 0.1) is 23.2 Å². The molecule has 0 aromatic heterocycles. The van der Waals surface area contributed by atoms with E-state index in [9.17, 15) is 9.59 Å². The summed E-state index contributed by atoms with van der Waals surface area (Å²) in [7, 11) is 0. The van der Waals surface area contributed by atoms with Crippen LogP contribution in [0.3, 0.4) is 0 Å². The first-order valence-corrected chi connectivity index (χ1v) is 6.93. The Bertz CT molecular complexity index is 507. The van der Waals surface area contributed by atoms with E-state index in [1.165, 1.54) is 0 Å². The van der Waals surface area contributed by atoms with Crippen LogP contribution in [-0.4, -0.2) is 41.6 Å². The van der Waals surface area contributed by atoms with Crippen molar-refractivity contribution >= 4 is 23.5 Å². The molecule has 0 bridgehead atoms. The van der Waals surface area contributed by atoms with Crippen LogP contribution in [0, 0.1) is 5.92 Å². The van der Waals surface area contributed by atoms with Gasteiger partial charge in [-0.05, 0) is 31.5 Å². The number of carbonyl (C=O) groups is 2. The highest BCUT2D eigenvalue weighted by Crippen LogP contribution is 2.17. The molecule has 0 saturated carbocycles. The minimum atomic E-state index is -0.771. The van der Waals surface area contributed by atoms with E-state index >= 15 is 0 Å². The number of benzene rings is 1. The zero-order chi connectivity index (χ0) is 14.5. The van der Waals surface area contributed by atoms with Crippen molar-refractivity contribution in [2.75, 3.05) is 19.8 Å². The number of aliphatic carboxylic acids is 1. The molecule has 0 spiro atoms. The fourth-order valence-electron chi connectivity index (χ4n) is 2.32. The summed E-state index contributed by atoms with van der Waals surface area (Å²) in [6.45, 7) is 1.61. The Balaban J connectivity index is 1.87. The van der Waals surface area contributed by atoms with Gasteiger partial charge in [-0.1, -0.05) is 23.7 Å². The van der Waals surface area contributed by atoms with Crippen LogP contribution in [0.25, 0.3) is 0 Å². The van der Waals surface area contributed by atoms with Gasteiger partial charge in [0.25, 0.3) is 5.91 Å². The molecule has 1 aromatic carbocycles. The van der Waals surface area contributed by atoms with Crippen molar-refractivity contribution in [2.45, 2.75) is 12.8 Å². The highest BCUT2D eigenvalue weighted by Gasteiger charge is 2.25. The van der Waals surface area contributed by atoms with Crippen molar-refractivity contribution in [2.24, 2.45) is 5.92 Å². The van der Waals surface area contributed by atoms with Crippen LogP contribution in [0.1, 0.15) is 23.2 Å². The van der Waals surface area contributed by atoms with Gasteiger partial charge in [-0.15, -0.1) is 0 Å². The fourth-order valence-corrected chi connectivity index (χ4v) is 2.55. The summed E-state index contributed by atoms with van der Waals surface area (Å²) in [5.41, 5.74) is 0.431. The highest BCUT2D eigenvalue weighted by molar-refractivity contribution is 6.33. The number of hydrogen-bond donors (Lipinski definition) is 2. The summed E-state index contributed by atoms with van der Waals surface area (Å²) in [5, 5.41) is 12.2. The van der Waals surface area contributed by atoms with Crippen molar-refractivity contribution in [1.29, 1.82) is 0 Å². The maximum atomic E-state index is 12.0. The van der Waals surface area contributed by atoms with Gasteiger partial charge >= 0.3 is 5.97 Å². The molecule has 2 rings (SSSR count). The van der Waals surface area contributed by atoms with Crippen LogP contribution in [0.5, 0.6) is 0 Å². The van der Waals surface area contributed by atoms with Crippen molar-refractivity contribution in [3.63, 3.8) is 0 Å². The van der Waals surface area contributed by atoms with Gasteiger partial charge in [0.2, 0.25) is 0 Å². The molecule has 1 fully saturated rings. The van der Waals surface area contributed by atoms with Crippen molar-refractivity contribution in [1.82, 2.24) is 10.2 Å². The third-order valence-corrected chi connectivity index (χ3v) is 3.77. The predicted octanol–water partition coefficient (Wildman–Crippen LogP) is 1.82. The number of rotatable bonds is 4. The van der Waals surface area contributed by atoms with E-state index in [4.69, 9.17) is 16.7 Å². The molecule has 1 aromatic rings. The lowest BCUT2D eigenvalue weighted by Crippen LogP contribution is -2.44. The second-order valence-corrected chi connectivity index (χ2v) is 5.31. The Hall–Kier alpha value is -1.59. The third-order valence-electron chi connectivity index (χ3n) is 3.44. The molecule has 1 aliphatic heterocycles. The lowest BCUT2D eigenvalue weighted by Gasteiger charge is -2.30. The number of nitrogens with zero attached hydrogens (tertiary/aromatic N) is 1. The fraction of sp³-hybridized carbons (Fsp3) is 0.429. The molecule has 1 aliphatic rings. The number of likely N-dealkylation sites (tertiary alicyclic amines) is 1. The first kappa shape index (κ1) is 14.8. The van der Waals surface area contributed by atoms with Crippen molar-refractivity contribution in [3.05, 3.63) is 34.9 Å². The average molecular weight is 297 g/mol. The Morgan fingerprint density at radius 2 is 2.15 bits per heavy atom. The molecule has 1 atom stereocenters. The normalized spacial score (nSPS) is 19.6. The van der Waals surface area contributed by atoms with Gasteiger partial charge in [-0.3, -0.25) is 14.5 Å².